The van der Waals surface area contributed by atoms with Gasteiger partial charge in [0.2, 0.25) is 5.91 Å². The Bertz CT molecular complexity index is 2730. The van der Waals surface area contributed by atoms with Crippen molar-refractivity contribution in [3.05, 3.63) is 93.0 Å². The van der Waals surface area contributed by atoms with E-state index in [0.717, 1.165) is 16.4 Å². The van der Waals surface area contributed by atoms with Crippen molar-refractivity contribution in [2.75, 3.05) is 30.0 Å². The van der Waals surface area contributed by atoms with Crippen molar-refractivity contribution in [3.63, 3.8) is 0 Å². The molecule has 0 fully saturated rings. The number of anilines is 1. The summed E-state index contributed by atoms with van der Waals surface area (Å²) < 4.78 is 146. The van der Waals surface area contributed by atoms with Gasteiger partial charge in [0.1, 0.15) is 36.1 Å². The monoisotopic (exact) mass is 1010 g/mol. The Labute approximate surface area is 388 Å². The molecule has 0 spiro atoms. The molecule has 3 heterocycles. The normalized spacial score (nSPS) is 14.2. The number of nitrogens with one attached hydrogen (secondary N) is 2. The molecule has 0 bridgehead atoms. The molecular formula is C42H39ClF10N8O4S2. The van der Waals surface area contributed by atoms with Crippen molar-refractivity contribution in [1.82, 2.24) is 35.2 Å². The van der Waals surface area contributed by atoms with Gasteiger partial charge in [0.05, 0.1) is 51.7 Å². The molecule has 4 N–H and O–H groups in total. The summed E-state index contributed by atoms with van der Waals surface area (Å²) in [5, 5.41) is 31.1. The summed E-state index contributed by atoms with van der Waals surface area (Å²) in [5.74, 6) is -1.67. The second-order valence-corrected chi connectivity index (χ2v) is 18.2. The van der Waals surface area contributed by atoms with E-state index in [1.807, 2.05) is 0 Å². The lowest BCUT2D eigenvalue weighted by atomic mass is 9.93. The summed E-state index contributed by atoms with van der Waals surface area (Å²) in [7, 11) is 0. The number of urea groups is 1. The van der Waals surface area contributed by atoms with Gasteiger partial charge in [-0.15, -0.1) is 11.8 Å². The number of aliphatic hydroxyl groups is 2. The quantitative estimate of drug-likeness (QED) is 0.0488. The molecule has 0 saturated carbocycles. The minimum Gasteiger partial charge on any atom is -0.394 e. The summed E-state index contributed by atoms with van der Waals surface area (Å²) >= 11 is 8.74. The molecule has 1 aliphatic rings. The zero-order valence-electron chi connectivity index (χ0n) is 35.5. The second kappa shape index (κ2) is 19.8. The number of amides is 3. The molecule has 2 aromatic carbocycles. The first-order valence-electron chi connectivity index (χ1n) is 19.8. The Balaban J connectivity index is 1.61. The van der Waals surface area contributed by atoms with Crippen LogP contribution >= 0.6 is 35.3 Å². The van der Waals surface area contributed by atoms with Gasteiger partial charge in [-0.1, -0.05) is 23.6 Å². The van der Waals surface area contributed by atoms with E-state index in [-0.39, 0.29) is 48.7 Å². The molecule has 67 heavy (non-hydrogen) atoms. The molecule has 360 valence electrons. The van der Waals surface area contributed by atoms with Crippen LogP contribution in [0, 0.1) is 23.5 Å². The molecule has 25 heteroatoms. The SMILES string of the molecule is CSN(C(=O)NC(CO)CO)c1nn(CC(F)(F)F)c2c(-c3ccc(C#CC(C)(C)SC)nc3C(Cc3cc(F)cc(F)c3)NC(=O)Cn3nc(C(F)(F)F)c4c3C(F)(F)CC4)ccc(Cl)c12. The van der Waals surface area contributed by atoms with Gasteiger partial charge < -0.3 is 20.8 Å². The molecular weight excluding hydrogens is 970 g/mol. The number of carbonyl (C=O) groups excluding carboxylic acids is 2. The molecule has 12 nitrogen and oxygen atoms in total. The standard InChI is InChI=1S/C42H39ClF10N8O4S2/c1-39(2,66-3)11-9-24-5-6-26(27-7-8-29(43)32-34(27)60(20-41(48,49)50)58-37(32)61(67-4)38(65)55-25(18-62)19-63)33(54-24)30(15-21-13-22(44)16-23(45)14-21)56-31(64)17-59-36-28(10-12-40(36,46)47)35(57-59)42(51,52)53/h5-8,13-14,16,25,30,62-63H,10,12,15,17-20H2,1-4H3,(H,55,65)(H,56,64). The number of fused-ring (bicyclic) bond motifs is 2. The fourth-order valence-corrected chi connectivity index (χ4v) is 8.21. The number of aliphatic hydroxyl groups excluding tert-OH is 2. The number of nitrogens with zero attached hydrogens (tertiary/aromatic N) is 6. The van der Waals surface area contributed by atoms with Crippen molar-refractivity contribution in [3.8, 4) is 23.0 Å². The van der Waals surface area contributed by atoms with E-state index >= 15 is 8.78 Å². The summed E-state index contributed by atoms with van der Waals surface area (Å²) in [6.07, 6.45) is -9.19. The van der Waals surface area contributed by atoms with Crippen LogP contribution in [0.15, 0.2) is 42.5 Å². The van der Waals surface area contributed by atoms with Crippen molar-refractivity contribution in [1.29, 1.82) is 0 Å². The zero-order chi connectivity index (χ0) is 49.4. The molecule has 1 atom stereocenters. The lowest BCUT2D eigenvalue weighted by Crippen LogP contribution is -2.45. The highest BCUT2D eigenvalue weighted by atomic mass is 35.5. The minimum absolute atomic E-state index is 0.00662. The van der Waals surface area contributed by atoms with Gasteiger partial charge in [-0.25, -0.2) is 22.9 Å². The van der Waals surface area contributed by atoms with Crippen LogP contribution in [-0.4, -0.2) is 89.4 Å². The maximum Gasteiger partial charge on any atom is 0.435 e. The largest absolute Gasteiger partial charge is 0.435 e. The van der Waals surface area contributed by atoms with Crippen LogP contribution in [0.25, 0.3) is 22.0 Å². The van der Waals surface area contributed by atoms with Crippen LogP contribution in [-0.2, 0) is 42.8 Å². The third kappa shape index (κ3) is 11.6. The first kappa shape index (κ1) is 51.2. The summed E-state index contributed by atoms with van der Waals surface area (Å²) in [6.45, 7) is -0.836. The Morgan fingerprint density at radius 3 is 2.21 bits per heavy atom. The van der Waals surface area contributed by atoms with Crippen molar-refractivity contribution in [2.24, 2.45) is 0 Å². The highest BCUT2D eigenvalue weighted by Crippen LogP contribution is 2.47. The number of thioether (sulfide) groups is 1. The summed E-state index contributed by atoms with van der Waals surface area (Å²) in [5.41, 5.74) is -4.44. The highest BCUT2D eigenvalue weighted by molar-refractivity contribution is 8.00. The van der Waals surface area contributed by atoms with E-state index < -0.39 is 127 Å². The van der Waals surface area contributed by atoms with Crippen LogP contribution in [0.5, 0.6) is 0 Å². The first-order valence-corrected chi connectivity index (χ1v) is 22.6. The predicted molar refractivity (Wildman–Crippen MR) is 231 cm³/mol. The van der Waals surface area contributed by atoms with Crippen molar-refractivity contribution in [2.45, 2.75) is 81.3 Å². The number of halogens is 11. The number of pyridine rings is 1. The maximum atomic E-state index is 15.1. The van der Waals surface area contributed by atoms with E-state index in [1.54, 1.807) is 20.1 Å². The Morgan fingerprint density at radius 2 is 1.61 bits per heavy atom. The fourth-order valence-electron chi connectivity index (χ4n) is 7.30. The van der Waals surface area contributed by atoms with Crippen LogP contribution in [0.4, 0.5) is 54.5 Å². The maximum absolute atomic E-state index is 15.1. The molecule has 0 aliphatic heterocycles. The Kier molecular flexibility index (Phi) is 15.1. The molecule has 3 amide bonds. The van der Waals surface area contributed by atoms with Gasteiger partial charge in [-0.3, -0.25) is 14.2 Å². The Morgan fingerprint density at radius 1 is 0.955 bits per heavy atom. The predicted octanol–water partition coefficient (Wildman–Crippen LogP) is 8.59. The van der Waals surface area contributed by atoms with E-state index in [2.05, 4.69) is 37.7 Å². The first-order chi connectivity index (χ1) is 31.3. The van der Waals surface area contributed by atoms with Crippen LogP contribution in [0.3, 0.4) is 0 Å². The number of aromatic nitrogens is 5. The van der Waals surface area contributed by atoms with Crippen molar-refractivity contribution < 1.29 is 63.7 Å². The van der Waals surface area contributed by atoms with E-state index in [9.17, 15) is 54.9 Å². The lowest BCUT2D eigenvalue weighted by Gasteiger charge is -2.23. The number of benzene rings is 2. The van der Waals surface area contributed by atoms with Gasteiger partial charge in [0, 0.05) is 35.4 Å². The zero-order valence-corrected chi connectivity index (χ0v) is 37.9. The van der Waals surface area contributed by atoms with E-state index in [1.165, 1.54) is 42.3 Å². The van der Waals surface area contributed by atoms with E-state index in [0.29, 0.717) is 22.7 Å². The second-order valence-electron chi connectivity index (χ2n) is 15.6. The molecule has 3 aromatic heterocycles. The topological polar surface area (TPSA) is 150 Å². The van der Waals surface area contributed by atoms with Gasteiger partial charge in [-0.05, 0) is 86.7 Å². The average Bonchev–Trinajstić information content (AvgIpc) is 3.90. The van der Waals surface area contributed by atoms with Gasteiger partial charge in [0.15, 0.2) is 11.5 Å². The lowest BCUT2D eigenvalue weighted by molar-refractivity contribution is -0.142. The van der Waals surface area contributed by atoms with Crippen molar-refractivity contribution >= 4 is 64.0 Å². The van der Waals surface area contributed by atoms with E-state index in [4.69, 9.17) is 11.6 Å². The van der Waals surface area contributed by atoms with Gasteiger partial charge >= 0.3 is 18.4 Å². The number of hydrogen-bond donors (Lipinski definition) is 4. The summed E-state index contributed by atoms with van der Waals surface area (Å²) in [6, 6.07) is 3.81. The van der Waals surface area contributed by atoms with Gasteiger partial charge in [0.25, 0.3) is 5.92 Å². The molecule has 1 unspecified atom stereocenters. The third-order valence-corrected chi connectivity index (χ3v) is 12.5. The van der Waals surface area contributed by atoms with Crippen LogP contribution < -0.4 is 14.9 Å². The van der Waals surface area contributed by atoms with Crippen LogP contribution in [0.2, 0.25) is 5.02 Å². The number of hydrogen-bond acceptors (Lipinski definition) is 9. The van der Waals surface area contributed by atoms with Crippen LogP contribution in [0.1, 0.15) is 60.2 Å². The minimum atomic E-state index is -5.16. The average molecular weight is 1010 g/mol. The number of rotatable bonds is 14. The number of alkyl halides is 8. The third-order valence-electron chi connectivity index (χ3n) is 10.4. The fraction of sp³-hybridized carbons (Fsp3) is 0.405. The highest BCUT2D eigenvalue weighted by Gasteiger charge is 2.50. The van der Waals surface area contributed by atoms with Gasteiger partial charge in [-0.2, -0.15) is 45.3 Å². The molecule has 1 aliphatic carbocycles. The molecule has 5 aromatic rings. The molecule has 6 rings (SSSR count). The molecule has 0 saturated heterocycles. The summed E-state index contributed by atoms with van der Waals surface area (Å²) in [4.78, 5) is 32.2. The Hall–Kier alpha value is -5.22. The molecule has 0 radical (unpaired) electrons. The smallest absolute Gasteiger partial charge is 0.394 e. The number of carbonyl (C=O) groups is 2.